The maximum atomic E-state index is 12.1. The molecule has 0 spiro atoms. The minimum atomic E-state index is -0.0922. The Morgan fingerprint density at radius 1 is 1.00 bits per heavy atom. The smallest absolute Gasteiger partial charge is 0.243 e. The quantitative estimate of drug-likeness (QED) is 0.748. The molecule has 128 valence electrons. The predicted molar refractivity (Wildman–Crippen MR) is 96.9 cm³/mol. The first-order valence-corrected chi connectivity index (χ1v) is 7.98. The zero-order valence-electron chi connectivity index (χ0n) is 14.4. The number of aryl methyl sites for hydroxylation is 3. The van der Waals surface area contributed by atoms with Crippen LogP contribution in [0, 0.1) is 20.8 Å². The lowest BCUT2D eigenvalue weighted by molar-refractivity contribution is -0.114. The summed E-state index contributed by atoms with van der Waals surface area (Å²) in [6.45, 7) is 6.23. The average molecular weight is 336 g/mol. The fraction of sp³-hybridized carbons (Fsp3) is 0.222. The van der Waals surface area contributed by atoms with Gasteiger partial charge in [0.25, 0.3) is 0 Å². The largest absolute Gasteiger partial charge is 0.376 e. The van der Waals surface area contributed by atoms with Crippen molar-refractivity contribution >= 4 is 17.3 Å². The van der Waals surface area contributed by atoms with Gasteiger partial charge in [-0.2, -0.15) is 0 Å². The summed E-state index contributed by atoms with van der Waals surface area (Å²) in [5, 5.41) is 17.2. The average Bonchev–Trinajstić information content (AvgIpc) is 3.11. The third kappa shape index (κ3) is 4.00. The van der Waals surface area contributed by atoms with Gasteiger partial charge in [0.15, 0.2) is 0 Å². The Balaban J connectivity index is 1.60. The normalized spacial score (nSPS) is 10.5. The first-order valence-electron chi connectivity index (χ1n) is 7.98. The van der Waals surface area contributed by atoms with E-state index in [0.29, 0.717) is 0 Å². The van der Waals surface area contributed by atoms with Crippen LogP contribution in [-0.2, 0) is 4.79 Å². The summed E-state index contributed by atoms with van der Waals surface area (Å²) in [7, 11) is 0. The van der Waals surface area contributed by atoms with Crippen LogP contribution in [0.1, 0.15) is 16.7 Å². The molecule has 0 atom stereocenters. The highest BCUT2D eigenvalue weighted by Crippen LogP contribution is 2.18. The zero-order valence-corrected chi connectivity index (χ0v) is 14.4. The molecule has 7 heteroatoms. The molecule has 0 saturated heterocycles. The second kappa shape index (κ2) is 7.12. The lowest BCUT2D eigenvalue weighted by Gasteiger charge is -2.11. The molecule has 0 aliphatic carbocycles. The fourth-order valence-corrected chi connectivity index (χ4v) is 2.50. The van der Waals surface area contributed by atoms with Crippen molar-refractivity contribution in [1.29, 1.82) is 0 Å². The highest BCUT2D eigenvalue weighted by Gasteiger charge is 2.06. The van der Waals surface area contributed by atoms with Crippen LogP contribution in [0.4, 0.5) is 11.4 Å². The Labute approximate surface area is 146 Å². The van der Waals surface area contributed by atoms with Gasteiger partial charge in [0.1, 0.15) is 6.33 Å². The molecular formula is C18H20N6O. The molecule has 25 heavy (non-hydrogen) atoms. The van der Waals surface area contributed by atoms with Crippen molar-refractivity contribution in [2.45, 2.75) is 20.8 Å². The Kier molecular flexibility index (Phi) is 4.74. The van der Waals surface area contributed by atoms with Crippen molar-refractivity contribution in [3.63, 3.8) is 0 Å². The van der Waals surface area contributed by atoms with E-state index in [1.807, 2.05) is 57.2 Å². The molecule has 0 radical (unpaired) electrons. The monoisotopic (exact) mass is 336 g/mol. The molecular weight excluding hydrogens is 316 g/mol. The first kappa shape index (κ1) is 16.6. The number of nitrogens with one attached hydrogen (secondary N) is 2. The highest BCUT2D eigenvalue weighted by molar-refractivity contribution is 5.93. The molecule has 0 aliphatic heterocycles. The van der Waals surface area contributed by atoms with Crippen LogP contribution in [0.25, 0.3) is 5.69 Å². The maximum Gasteiger partial charge on any atom is 0.243 e. The number of nitrogens with zero attached hydrogens (tertiary/aromatic N) is 4. The van der Waals surface area contributed by atoms with Gasteiger partial charge in [0.05, 0.1) is 12.2 Å². The van der Waals surface area contributed by atoms with Gasteiger partial charge in [0, 0.05) is 11.4 Å². The Morgan fingerprint density at radius 2 is 1.76 bits per heavy atom. The number of amides is 1. The molecule has 3 aromatic rings. The number of carbonyl (C=O) groups excluding carboxylic acids is 1. The SMILES string of the molecule is Cc1ccc(NC(=O)CNc2ccc(-n3cnnn3)c(C)c2)cc1C. The van der Waals surface area contributed by atoms with E-state index in [4.69, 9.17) is 0 Å². The van der Waals surface area contributed by atoms with Gasteiger partial charge in [-0.1, -0.05) is 6.07 Å². The third-order valence-electron chi connectivity index (χ3n) is 4.04. The van der Waals surface area contributed by atoms with Gasteiger partial charge >= 0.3 is 0 Å². The summed E-state index contributed by atoms with van der Waals surface area (Å²) in [4.78, 5) is 12.1. The lowest BCUT2D eigenvalue weighted by atomic mass is 10.1. The Bertz CT molecular complexity index is 889. The van der Waals surface area contributed by atoms with Crippen molar-refractivity contribution in [2.75, 3.05) is 17.2 Å². The number of rotatable bonds is 5. The number of hydrogen-bond acceptors (Lipinski definition) is 5. The number of benzene rings is 2. The summed E-state index contributed by atoms with van der Waals surface area (Å²) < 4.78 is 1.60. The molecule has 1 heterocycles. The van der Waals surface area contributed by atoms with Crippen LogP contribution in [0.5, 0.6) is 0 Å². The molecule has 3 rings (SSSR count). The van der Waals surface area contributed by atoms with E-state index in [1.54, 1.807) is 11.0 Å². The molecule has 0 bridgehead atoms. The van der Waals surface area contributed by atoms with Crippen LogP contribution in [0.3, 0.4) is 0 Å². The van der Waals surface area contributed by atoms with Gasteiger partial charge in [-0.05, 0) is 78.2 Å². The van der Waals surface area contributed by atoms with Gasteiger partial charge < -0.3 is 10.6 Å². The third-order valence-corrected chi connectivity index (χ3v) is 4.04. The molecule has 0 fully saturated rings. The lowest BCUT2D eigenvalue weighted by Crippen LogP contribution is -2.21. The number of carbonyl (C=O) groups is 1. The summed E-state index contributed by atoms with van der Waals surface area (Å²) in [6, 6.07) is 11.6. The van der Waals surface area contributed by atoms with Crippen molar-refractivity contribution in [2.24, 2.45) is 0 Å². The molecule has 7 nitrogen and oxygen atoms in total. The van der Waals surface area contributed by atoms with Crippen LogP contribution >= 0.6 is 0 Å². The summed E-state index contributed by atoms with van der Waals surface area (Å²) in [5.41, 5.74) is 5.93. The second-order valence-corrected chi connectivity index (χ2v) is 5.96. The molecule has 2 aromatic carbocycles. The highest BCUT2D eigenvalue weighted by atomic mass is 16.1. The number of anilines is 2. The van der Waals surface area contributed by atoms with Crippen molar-refractivity contribution in [1.82, 2.24) is 20.2 Å². The van der Waals surface area contributed by atoms with E-state index < -0.39 is 0 Å². The Morgan fingerprint density at radius 3 is 2.44 bits per heavy atom. The minimum absolute atomic E-state index is 0.0922. The van der Waals surface area contributed by atoms with E-state index in [2.05, 4.69) is 26.2 Å². The topological polar surface area (TPSA) is 84.7 Å². The molecule has 1 aromatic heterocycles. The molecule has 2 N–H and O–H groups in total. The molecule has 0 unspecified atom stereocenters. The van der Waals surface area contributed by atoms with E-state index in [9.17, 15) is 4.79 Å². The van der Waals surface area contributed by atoms with E-state index in [1.165, 1.54) is 5.56 Å². The van der Waals surface area contributed by atoms with Crippen molar-refractivity contribution in [3.05, 3.63) is 59.4 Å². The molecule has 0 aliphatic rings. The molecule has 0 saturated carbocycles. The predicted octanol–water partition coefficient (Wildman–Crippen LogP) is 2.64. The summed E-state index contributed by atoms with van der Waals surface area (Å²) in [5.74, 6) is -0.0922. The van der Waals surface area contributed by atoms with Gasteiger partial charge in [-0.3, -0.25) is 4.79 Å². The van der Waals surface area contributed by atoms with Crippen LogP contribution < -0.4 is 10.6 Å². The van der Waals surface area contributed by atoms with Crippen LogP contribution in [0.2, 0.25) is 0 Å². The Hall–Kier alpha value is -3.22. The standard InChI is InChI=1S/C18H20N6O/c1-12-4-5-16(8-13(12)2)21-18(25)10-19-15-6-7-17(14(3)9-15)24-11-20-22-23-24/h4-9,11,19H,10H2,1-3H3,(H,21,25). The fourth-order valence-electron chi connectivity index (χ4n) is 2.50. The van der Waals surface area contributed by atoms with Crippen LogP contribution in [0.15, 0.2) is 42.7 Å². The zero-order chi connectivity index (χ0) is 17.8. The first-order chi connectivity index (χ1) is 12.0. The number of aromatic nitrogens is 4. The summed E-state index contributed by atoms with van der Waals surface area (Å²) in [6.07, 6.45) is 1.55. The minimum Gasteiger partial charge on any atom is -0.376 e. The number of hydrogen-bond donors (Lipinski definition) is 2. The van der Waals surface area contributed by atoms with E-state index >= 15 is 0 Å². The number of tetrazole rings is 1. The molecule has 1 amide bonds. The van der Waals surface area contributed by atoms with E-state index in [-0.39, 0.29) is 12.5 Å². The van der Waals surface area contributed by atoms with Gasteiger partial charge in [-0.25, -0.2) is 4.68 Å². The van der Waals surface area contributed by atoms with Gasteiger partial charge in [0.2, 0.25) is 5.91 Å². The van der Waals surface area contributed by atoms with Crippen molar-refractivity contribution < 1.29 is 4.79 Å². The second-order valence-electron chi connectivity index (χ2n) is 5.96. The van der Waals surface area contributed by atoms with E-state index in [0.717, 1.165) is 28.2 Å². The van der Waals surface area contributed by atoms with Gasteiger partial charge in [-0.15, -0.1) is 5.10 Å². The van der Waals surface area contributed by atoms with Crippen molar-refractivity contribution in [3.8, 4) is 5.69 Å². The maximum absolute atomic E-state index is 12.1. The summed E-state index contributed by atoms with van der Waals surface area (Å²) >= 11 is 0. The van der Waals surface area contributed by atoms with Crippen LogP contribution in [-0.4, -0.2) is 32.7 Å².